The Labute approximate surface area is 125 Å². The van der Waals surface area contributed by atoms with Crippen LogP contribution in [0.5, 0.6) is 0 Å². The molecule has 3 aliphatic heterocycles. The lowest BCUT2D eigenvalue weighted by atomic mass is 9.85. The van der Waals surface area contributed by atoms with Gasteiger partial charge in [0.1, 0.15) is 0 Å². The first-order valence-corrected chi connectivity index (χ1v) is 8.17. The molecule has 3 heterocycles. The topological polar surface area (TPSA) is 15.3 Å². The number of hydrogen-bond donors (Lipinski definition) is 1. The fourth-order valence-electron chi connectivity index (χ4n) is 4.36. The summed E-state index contributed by atoms with van der Waals surface area (Å²) in [6.07, 6.45) is 6.19. The lowest BCUT2D eigenvalue weighted by Crippen LogP contribution is -2.35. The Morgan fingerprint density at radius 1 is 0.905 bits per heavy atom. The molecule has 0 saturated heterocycles. The summed E-state index contributed by atoms with van der Waals surface area (Å²) in [5.41, 5.74) is 10.4. The van der Waals surface area contributed by atoms with E-state index in [1.54, 1.807) is 16.8 Å². The molecule has 0 unspecified atom stereocenters. The molecule has 0 bridgehead atoms. The summed E-state index contributed by atoms with van der Waals surface area (Å²) in [4.78, 5) is 2.63. The zero-order valence-electron chi connectivity index (χ0n) is 12.3. The summed E-state index contributed by atoms with van der Waals surface area (Å²) in [7, 11) is 0. The molecule has 0 aromatic heterocycles. The molecule has 2 aromatic rings. The Morgan fingerprint density at radius 2 is 1.76 bits per heavy atom. The number of rotatable bonds is 0. The zero-order chi connectivity index (χ0) is 13.8. The van der Waals surface area contributed by atoms with Crippen molar-refractivity contribution in [1.29, 1.82) is 0 Å². The molecule has 106 valence electrons. The Kier molecular flexibility index (Phi) is 2.37. The summed E-state index contributed by atoms with van der Waals surface area (Å²) in [5.74, 6) is 0. The van der Waals surface area contributed by atoms with Gasteiger partial charge in [0.05, 0.1) is 0 Å². The minimum atomic E-state index is 1.08. The highest BCUT2D eigenvalue weighted by Gasteiger charge is 2.29. The van der Waals surface area contributed by atoms with Crippen LogP contribution in [0.25, 0.3) is 0 Å². The Hall–Kier alpha value is -1.96. The Bertz CT molecular complexity index is 731. The van der Waals surface area contributed by atoms with E-state index in [2.05, 4.69) is 40.5 Å². The van der Waals surface area contributed by atoms with Gasteiger partial charge in [-0.25, -0.2) is 0 Å². The lowest BCUT2D eigenvalue weighted by Gasteiger charge is -2.39. The highest BCUT2D eigenvalue weighted by molar-refractivity contribution is 5.82. The van der Waals surface area contributed by atoms with Gasteiger partial charge in [0, 0.05) is 36.6 Å². The number of para-hydroxylation sites is 1. The van der Waals surface area contributed by atoms with Crippen LogP contribution in [0.2, 0.25) is 0 Å². The van der Waals surface area contributed by atoms with Gasteiger partial charge in [-0.15, -0.1) is 0 Å². The van der Waals surface area contributed by atoms with Crippen LogP contribution in [0.1, 0.15) is 35.1 Å². The summed E-state index contributed by atoms with van der Waals surface area (Å²) in [6.45, 7) is 2.49. The highest BCUT2D eigenvalue weighted by Crippen LogP contribution is 2.45. The van der Waals surface area contributed by atoms with Gasteiger partial charge >= 0.3 is 0 Å². The molecule has 0 spiro atoms. The van der Waals surface area contributed by atoms with Crippen LogP contribution in [0.15, 0.2) is 30.3 Å². The molecule has 2 heteroatoms. The molecule has 1 N–H and O–H groups in total. The van der Waals surface area contributed by atoms with Gasteiger partial charge < -0.3 is 10.2 Å². The molecule has 5 rings (SSSR count). The number of fused-ring (bicyclic) bond motifs is 3. The SMILES string of the molecule is c1ccc2c(c1)Cc1cc3c4c(c1N2)CCCN4CCC3. The fourth-order valence-corrected chi connectivity index (χ4v) is 4.36. The van der Waals surface area contributed by atoms with Crippen molar-refractivity contribution in [2.24, 2.45) is 0 Å². The Balaban J connectivity index is 1.72. The molecule has 2 nitrogen and oxygen atoms in total. The summed E-state index contributed by atoms with van der Waals surface area (Å²) < 4.78 is 0. The van der Waals surface area contributed by atoms with Crippen molar-refractivity contribution in [3.8, 4) is 0 Å². The van der Waals surface area contributed by atoms with E-state index in [0.717, 1.165) is 6.42 Å². The average Bonchev–Trinajstić information content (AvgIpc) is 2.54. The van der Waals surface area contributed by atoms with Crippen LogP contribution in [0.4, 0.5) is 17.1 Å². The minimum absolute atomic E-state index is 1.08. The molecule has 0 amide bonds. The van der Waals surface area contributed by atoms with Crippen molar-refractivity contribution >= 4 is 17.1 Å². The average molecular weight is 276 g/mol. The predicted molar refractivity (Wildman–Crippen MR) is 87.8 cm³/mol. The van der Waals surface area contributed by atoms with Gasteiger partial charge in [-0.05, 0) is 54.0 Å². The van der Waals surface area contributed by atoms with Crippen molar-refractivity contribution in [1.82, 2.24) is 0 Å². The van der Waals surface area contributed by atoms with E-state index in [1.807, 2.05) is 0 Å². The molecule has 0 saturated carbocycles. The third-order valence-corrected chi connectivity index (χ3v) is 5.26. The van der Waals surface area contributed by atoms with Crippen LogP contribution in [-0.4, -0.2) is 13.1 Å². The standard InChI is InChI=1S/C19H20N2/c1-2-8-17-13(5-1)11-15-12-14-6-3-9-21-10-4-7-16(19(14)21)18(15)20-17/h1-2,5,8,12,20H,3-4,6-7,9-11H2. The van der Waals surface area contributed by atoms with Crippen molar-refractivity contribution < 1.29 is 0 Å². The molecule has 2 aromatic carbocycles. The molecule has 0 fully saturated rings. The smallest absolute Gasteiger partial charge is 0.0473 e. The summed E-state index contributed by atoms with van der Waals surface area (Å²) in [6, 6.07) is 11.2. The van der Waals surface area contributed by atoms with Crippen LogP contribution in [0, 0.1) is 0 Å². The first kappa shape index (κ1) is 11.7. The third-order valence-electron chi connectivity index (χ3n) is 5.26. The van der Waals surface area contributed by atoms with Crippen LogP contribution in [0.3, 0.4) is 0 Å². The van der Waals surface area contributed by atoms with Gasteiger partial charge in [-0.1, -0.05) is 24.3 Å². The van der Waals surface area contributed by atoms with E-state index < -0.39 is 0 Å². The molecule has 3 aliphatic rings. The van der Waals surface area contributed by atoms with Gasteiger partial charge in [0.15, 0.2) is 0 Å². The van der Waals surface area contributed by atoms with E-state index in [4.69, 9.17) is 0 Å². The third kappa shape index (κ3) is 1.65. The predicted octanol–water partition coefficient (Wildman–Crippen LogP) is 4.03. The number of benzene rings is 2. The van der Waals surface area contributed by atoms with Gasteiger partial charge in [-0.2, -0.15) is 0 Å². The lowest BCUT2D eigenvalue weighted by molar-refractivity contribution is 0.634. The molecule has 0 aliphatic carbocycles. The first-order valence-electron chi connectivity index (χ1n) is 8.17. The van der Waals surface area contributed by atoms with Crippen molar-refractivity contribution in [2.75, 3.05) is 23.3 Å². The normalized spacial score (nSPS) is 18.4. The first-order chi connectivity index (χ1) is 10.4. The van der Waals surface area contributed by atoms with Crippen LogP contribution >= 0.6 is 0 Å². The van der Waals surface area contributed by atoms with E-state index in [9.17, 15) is 0 Å². The molecular weight excluding hydrogens is 256 g/mol. The van der Waals surface area contributed by atoms with Gasteiger partial charge in [0.25, 0.3) is 0 Å². The zero-order valence-corrected chi connectivity index (χ0v) is 12.3. The minimum Gasteiger partial charge on any atom is -0.371 e. The van der Waals surface area contributed by atoms with E-state index in [-0.39, 0.29) is 0 Å². The second-order valence-corrected chi connectivity index (χ2v) is 6.55. The van der Waals surface area contributed by atoms with E-state index in [1.165, 1.54) is 61.3 Å². The summed E-state index contributed by atoms with van der Waals surface area (Å²) in [5, 5.41) is 3.74. The van der Waals surface area contributed by atoms with E-state index >= 15 is 0 Å². The van der Waals surface area contributed by atoms with Crippen LogP contribution in [-0.2, 0) is 19.3 Å². The highest BCUT2D eigenvalue weighted by atomic mass is 15.1. The molecular formula is C19H20N2. The molecule has 0 atom stereocenters. The maximum absolute atomic E-state index is 3.74. The second kappa shape index (κ2) is 4.27. The van der Waals surface area contributed by atoms with Crippen molar-refractivity contribution in [3.05, 3.63) is 52.6 Å². The number of nitrogens with zero attached hydrogens (tertiary/aromatic N) is 1. The summed E-state index contributed by atoms with van der Waals surface area (Å²) >= 11 is 0. The largest absolute Gasteiger partial charge is 0.371 e. The second-order valence-electron chi connectivity index (χ2n) is 6.55. The molecule has 21 heavy (non-hydrogen) atoms. The monoisotopic (exact) mass is 276 g/mol. The number of anilines is 3. The fraction of sp³-hybridized carbons (Fsp3) is 0.368. The van der Waals surface area contributed by atoms with E-state index in [0.29, 0.717) is 0 Å². The van der Waals surface area contributed by atoms with Crippen molar-refractivity contribution in [2.45, 2.75) is 32.1 Å². The van der Waals surface area contributed by atoms with Gasteiger partial charge in [0.2, 0.25) is 0 Å². The number of nitrogens with one attached hydrogen (secondary N) is 1. The van der Waals surface area contributed by atoms with Crippen LogP contribution < -0.4 is 10.2 Å². The molecule has 0 radical (unpaired) electrons. The number of hydrogen-bond acceptors (Lipinski definition) is 2. The van der Waals surface area contributed by atoms with Gasteiger partial charge in [-0.3, -0.25) is 0 Å². The number of aryl methyl sites for hydroxylation is 1. The van der Waals surface area contributed by atoms with Crippen molar-refractivity contribution in [3.63, 3.8) is 0 Å². The maximum atomic E-state index is 3.74. The maximum Gasteiger partial charge on any atom is 0.0473 e. The quantitative estimate of drug-likeness (QED) is 0.667. The Morgan fingerprint density at radius 3 is 2.71 bits per heavy atom.